The lowest BCUT2D eigenvalue weighted by Gasteiger charge is -2.04. The van der Waals surface area contributed by atoms with Gasteiger partial charge in [-0.25, -0.2) is 0 Å². The first-order valence-corrected chi connectivity index (χ1v) is 6.05. The Labute approximate surface area is 110 Å². The molecule has 4 heteroatoms. The monoisotopic (exact) mass is 251 g/mol. The number of fused-ring (bicyclic) bond motifs is 1. The van der Waals surface area contributed by atoms with Gasteiger partial charge in [-0.1, -0.05) is 30.3 Å². The van der Waals surface area contributed by atoms with Crippen LogP contribution in [0, 0.1) is 6.92 Å². The molecule has 1 amide bonds. The topological polar surface area (TPSA) is 57.8 Å². The molecule has 4 nitrogen and oxygen atoms in total. The van der Waals surface area contributed by atoms with E-state index in [-0.39, 0.29) is 5.91 Å². The van der Waals surface area contributed by atoms with Crippen LogP contribution in [0.15, 0.2) is 48.5 Å². The minimum atomic E-state index is -0.206. The molecule has 0 saturated carbocycles. The molecule has 94 valence electrons. The van der Waals surface area contributed by atoms with Crippen LogP contribution in [-0.2, 0) is 0 Å². The molecule has 0 aliphatic rings. The average molecular weight is 251 g/mol. The Kier molecular flexibility index (Phi) is 2.76. The van der Waals surface area contributed by atoms with Crippen LogP contribution in [0.1, 0.15) is 16.1 Å². The number of aromatic nitrogens is 2. The van der Waals surface area contributed by atoms with E-state index in [1.165, 1.54) is 0 Å². The number of aromatic amines is 1. The summed E-state index contributed by atoms with van der Waals surface area (Å²) in [5.41, 5.74) is 3.15. The lowest BCUT2D eigenvalue weighted by Crippen LogP contribution is -2.12. The second kappa shape index (κ2) is 4.57. The number of nitrogens with one attached hydrogen (secondary N) is 2. The van der Waals surface area contributed by atoms with Gasteiger partial charge in [0.25, 0.3) is 5.91 Å². The molecule has 0 spiro atoms. The molecule has 0 bridgehead atoms. The summed E-state index contributed by atoms with van der Waals surface area (Å²) in [6.45, 7) is 1.99. The molecule has 0 atom stereocenters. The van der Waals surface area contributed by atoms with Crippen LogP contribution in [0.5, 0.6) is 0 Å². The fraction of sp³-hybridized carbons (Fsp3) is 0.0667. The fourth-order valence-electron chi connectivity index (χ4n) is 2.05. The molecule has 2 aromatic carbocycles. The number of nitrogens with zero attached hydrogens (tertiary/aromatic N) is 1. The Bertz CT molecular complexity index is 746. The van der Waals surface area contributed by atoms with Crippen LogP contribution in [0.4, 0.5) is 5.69 Å². The Hall–Kier alpha value is -2.62. The van der Waals surface area contributed by atoms with Crippen molar-refractivity contribution in [2.75, 3.05) is 5.32 Å². The first-order valence-electron chi connectivity index (χ1n) is 6.05. The van der Waals surface area contributed by atoms with Crippen molar-refractivity contribution in [1.29, 1.82) is 0 Å². The highest BCUT2D eigenvalue weighted by Crippen LogP contribution is 2.17. The van der Waals surface area contributed by atoms with Crippen molar-refractivity contribution in [3.8, 4) is 0 Å². The van der Waals surface area contributed by atoms with Gasteiger partial charge in [-0.15, -0.1) is 0 Å². The second-order valence-corrected chi connectivity index (χ2v) is 4.44. The van der Waals surface area contributed by atoms with Gasteiger partial charge < -0.3 is 5.32 Å². The summed E-state index contributed by atoms with van der Waals surface area (Å²) in [6, 6.07) is 15.2. The normalized spacial score (nSPS) is 10.6. The van der Waals surface area contributed by atoms with Crippen molar-refractivity contribution < 1.29 is 4.79 Å². The van der Waals surface area contributed by atoms with Crippen LogP contribution in [-0.4, -0.2) is 16.1 Å². The number of aryl methyl sites for hydroxylation is 1. The van der Waals surface area contributed by atoms with Crippen LogP contribution in [0.25, 0.3) is 10.9 Å². The van der Waals surface area contributed by atoms with E-state index < -0.39 is 0 Å². The number of anilines is 1. The molecule has 2 N–H and O–H groups in total. The molecule has 1 aromatic heterocycles. The molecule has 3 aromatic rings. The molecule has 3 rings (SSSR count). The molecule has 0 saturated heterocycles. The first kappa shape index (κ1) is 11.5. The van der Waals surface area contributed by atoms with Crippen molar-refractivity contribution in [1.82, 2.24) is 10.2 Å². The zero-order valence-corrected chi connectivity index (χ0v) is 10.5. The van der Waals surface area contributed by atoms with Crippen LogP contribution in [0.3, 0.4) is 0 Å². The number of amides is 1. The molecule has 0 aliphatic carbocycles. The van der Waals surface area contributed by atoms with Gasteiger partial charge in [0, 0.05) is 11.1 Å². The van der Waals surface area contributed by atoms with Gasteiger partial charge >= 0.3 is 0 Å². The first-order chi connectivity index (χ1) is 9.24. The number of benzene rings is 2. The largest absolute Gasteiger partial charge is 0.321 e. The van der Waals surface area contributed by atoms with Crippen molar-refractivity contribution in [3.05, 3.63) is 59.8 Å². The maximum Gasteiger partial charge on any atom is 0.276 e. The number of hydrogen-bond acceptors (Lipinski definition) is 2. The molecule has 19 heavy (non-hydrogen) atoms. The Morgan fingerprint density at radius 2 is 2.00 bits per heavy atom. The quantitative estimate of drug-likeness (QED) is 0.735. The Balaban J connectivity index is 1.92. The van der Waals surface area contributed by atoms with E-state index in [2.05, 4.69) is 15.5 Å². The van der Waals surface area contributed by atoms with Gasteiger partial charge in [0.05, 0.1) is 5.52 Å². The molecule has 0 unspecified atom stereocenters. The summed E-state index contributed by atoms with van der Waals surface area (Å²) in [4.78, 5) is 12.2. The van der Waals surface area contributed by atoms with E-state index in [1.54, 1.807) is 0 Å². The SMILES string of the molecule is Cc1cccc(NC(=O)c2n[nH]c3ccccc23)c1. The van der Waals surface area contributed by atoms with Crippen molar-refractivity contribution in [3.63, 3.8) is 0 Å². The summed E-state index contributed by atoms with van der Waals surface area (Å²) in [7, 11) is 0. The zero-order chi connectivity index (χ0) is 13.2. The van der Waals surface area contributed by atoms with Gasteiger partial charge in [-0.3, -0.25) is 9.89 Å². The van der Waals surface area contributed by atoms with Gasteiger partial charge in [0.2, 0.25) is 0 Å². The maximum absolute atomic E-state index is 12.2. The van der Waals surface area contributed by atoms with E-state index in [9.17, 15) is 4.79 Å². The van der Waals surface area contributed by atoms with E-state index in [4.69, 9.17) is 0 Å². The fourth-order valence-corrected chi connectivity index (χ4v) is 2.05. The van der Waals surface area contributed by atoms with Gasteiger partial charge in [-0.05, 0) is 30.7 Å². The Morgan fingerprint density at radius 1 is 1.16 bits per heavy atom. The third kappa shape index (κ3) is 2.20. The molecule has 0 fully saturated rings. The van der Waals surface area contributed by atoms with Crippen molar-refractivity contribution in [2.24, 2.45) is 0 Å². The summed E-state index contributed by atoms with van der Waals surface area (Å²) >= 11 is 0. The van der Waals surface area contributed by atoms with Gasteiger partial charge in [0.15, 0.2) is 5.69 Å². The van der Waals surface area contributed by atoms with E-state index in [0.29, 0.717) is 5.69 Å². The highest BCUT2D eigenvalue weighted by molar-refractivity contribution is 6.11. The molecular weight excluding hydrogens is 238 g/mol. The third-order valence-corrected chi connectivity index (χ3v) is 2.96. The summed E-state index contributed by atoms with van der Waals surface area (Å²) in [5.74, 6) is -0.206. The number of H-pyrrole nitrogens is 1. The van der Waals surface area contributed by atoms with Crippen molar-refractivity contribution >= 4 is 22.5 Å². The van der Waals surface area contributed by atoms with E-state index >= 15 is 0 Å². The van der Waals surface area contributed by atoms with Gasteiger partial charge in [-0.2, -0.15) is 5.10 Å². The standard InChI is InChI=1S/C15H13N3O/c1-10-5-4-6-11(9-10)16-15(19)14-12-7-2-3-8-13(12)17-18-14/h2-9H,1H3,(H,16,19)(H,17,18). The lowest BCUT2D eigenvalue weighted by molar-refractivity contribution is 0.102. The van der Waals surface area contributed by atoms with Crippen LogP contribution < -0.4 is 5.32 Å². The number of carbonyl (C=O) groups is 1. The third-order valence-electron chi connectivity index (χ3n) is 2.96. The highest BCUT2D eigenvalue weighted by Gasteiger charge is 2.13. The predicted octanol–water partition coefficient (Wildman–Crippen LogP) is 3.12. The number of rotatable bonds is 2. The Morgan fingerprint density at radius 3 is 2.84 bits per heavy atom. The smallest absolute Gasteiger partial charge is 0.276 e. The van der Waals surface area contributed by atoms with E-state index in [1.807, 2.05) is 55.5 Å². The van der Waals surface area contributed by atoms with Gasteiger partial charge in [0.1, 0.15) is 0 Å². The van der Waals surface area contributed by atoms with Crippen molar-refractivity contribution in [2.45, 2.75) is 6.92 Å². The lowest BCUT2D eigenvalue weighted by atomic mass is 10.2. The van der Waals surface area contributed by atoms with Crippen LogP contribution in [0.2, 0.25) is 0 Å². The summed E-state index contributed by atoms with van der Waals surface area (Å²) in [5, 5.41) is 10.6. The second-order valence-electron chi connectivity index (χ2n) is 4.44. The zero-order valence-electron chi connectivity index (χ0n) is 10.5. The summed E-state index contributed by atoms with van der Waals surface area (Å²) < 4.78 is 0. The molecular formula is C15H13N3O. The minimum Gasteiger partial charge on any atom is -0.321 e. The highest BCUT2D eigenvalue weighted by atomic mass is 16.1. The molecule has 0 radical (unpaired) electrons. The number of carbonyl (C=O) groups excluding carboxylic acids is 1. The minimum absolute atomic E-state index is 0.206. The predicted molar refractivity (Wildman–Crippen MR) is 75.2 cm³/mol. The number of hydrogen-bond donors (Lipinski definition) is 2. The number of para-hydroxylation sites is 1. The van der Waals surface area contributed by atoms with E-state index in [0.717, 1.165) is 22.2 Å². The average Bonchev–Trinajstić information content (AvgIpc) is 2.82. The molecule has 1 heterocycles. The molecule has 0 aliphatic heterocycles. The summed E-state index contributed by atoms with van der Waals surface area (Å²) in [6.07, 6.45) is 0. The maximum atomic E-state index is 12.2. The van der Waals surface area contributed by atoms with Crippen LogP contribution >= 0.6 is 0 Å².